The van der Waals surface area contributed by atoms with Crippen molar-refractivity contribution in [1.29, 1.82) is 0 Å². The van der Waals surface area contributed by atoms with Crippen LogP contribution in [0.4, 0.5) is 5.82 Å². The summed E-state index contributed by atoms with van der Waals surface area (Å²) < 4.78 is 1.69. The number of nitrogens with one attached hydrogen (secondary N) is 2. The Kier molecular flexibility index (Phi) is 5.53. The molecule has 0 radical (unpaired) electrons. The number of rotatable bonds is 5. The number of nitrogens with zero attached hydrogens (tertiary/aromatic N) is 2. The summed E-state index contributed by atoms with van der Waals surface area (Å²) in [6.07, 6.45) is 4.58. The van der Waals surface area contributed by atoms with Gasteiger partial charge in [0.2, 0.25) is 5.91 Å². The molecule has 0 aliphatic carbocycles. The first-order valence-electron chi connectivity index (χ1n) is 8.44. The fourth-order valence-electron chi connectivity index (χ4n) is 3.23. The highest BCUT2D eigenvalue weighted by atomic mass is 35.5. The molecule has 2 aromatic rings. The molecule has 1 aromatic heterocycles. The number of halogens is 1. The lowest BCUT2D eigenvalue weighted by atomic mass is 9.85. The minimum Gasteiger partial charge on any atom is -0.316 e. The van der Waals surface area contributed by atoms with Gasteiger partial charge in [0.05, 0.1) is 11.9 Å². The number of hydrogen-bond acceptors (Lipinski definition) is 3. The van der Waals surface area contributed by atoms with E-state index in [-0.39, 0.29) is 5.91 Å². The van der Waals surface area contributed by atoms with Gasteiger partial charge >= 0.3 is 0 Å². The van der Waals surface area contributed by atoms with Gasteiger partial charge in [-0.25, -0.2) is 4.68 Å². The molecule has 6 heteroatoms. The van der Waals surface area contributed by atoms with Crippen molar-refractivity contribution in [2.24, 2.45) is 11.8 Å². The van der Waals surface area contributed by atoms with Crippen LogP contribution in [0.3, 0.4) is 0 Å². The average molecular weight is 347 g/mol. The highest BCUT2D eigenvalue weighted by Crippen LogP contribution is 2.24. The second kappa shape index (κ2) is 7.81. The summed E-state index contributed by atoms with van der Waals surface area (Å²) in [4.78, 5) is 12.4. The smallest absolute Gasteiger partial charge is 0.225 e. The molecule has 0 spiro atoms. The molecule has 128 valence electrons. The zero-order valence-corrected chi connectivity index (χ0v) is 14.6. The van der Waals surface area contributed by atoms with Crippen LogP contribution < -0.4 is 10.6 Å². The van der Waals surface area contributed by atoms with Crippen molar-refractivity contribution in [2.45, 2.75) is 26.2 Å². The summed E-state index contributed by atoms with van der Waals surface area (Å²) in [5.41, 5.74) is 0.826. The maximum atomic E-state index is 12.4. The molecule has 5 nitrogen and oxygen atoms in total. The highest BCUT2D eigenvalue weighted by Gasteiger charge is 2.22. The van der Waals surface area contributed by atoms with E-state index >= 15 is 0 Å². The van der Waals surface area contributed by atoms with E-state index in [1.807, 2.05) is 24.3 Å². The van der Waals surface area contributed by atoms with E-state index in [2.05, 4.69) is 22.7 Å². The predicted octanol–water partition coefficient (Wildman–Crippen LogP) is 3.49. The van der Waals surface area contributed by atoms with E-state index in [4.69, 9.17) is 11.6 Å². The van der Waals surface area contributed by atoms with E-state index in [0.717, 1.165) is 18.8 Å². The van der Waals surface area contributed by atoms with E-state index in [1.165, 1.54) is 12.8 Å². The molecular formula is C18H23ClN4O. The second-order valence-corrected chi connectivity index (χ2v) is 6.88. The highest BCUT2D eigenvalue weighted by molar-refractivity contribution is 6.30. The number of aromatic nitrogens is 2. The lowest BCUT2D eigenvalue weighted by molar-refractivity contribution is -0.117. The summed E-state index contributed by atoms with van der Waals surface area (Å²) in [5.74, 6) is 1.62. The number of amides is 1. The van der Waals surface area contributed by atoms with Gasteiger partial charge < -0.3 is 10.6 Å². The zero-order chi connectivity index (χ0) is 16.9. The zero-order valence-electron chi connectivity index (χ0n) is 13.8. The molecule has 0 saturated carbocycles. The number of carbonyl (C=O) groups is 1. The third kappa shape index (κ3) is 4.16. The predicted molar refractivity (Wildman–Crippen MR) is 96.6 cm³/mol. The monoisotopic (exact) mass is 346 g/mol. The van der Waals surface area contributed by atoms with E-state index in [9.17, 15) is 4.79 Å². The summed E-state index contributed by atoms with van der Waals surface area (Å²) >= 11 is 6.04. The van der Waals surface area contributed by atoms with Crippen molar-refractivity contribution in [3.05, 3.63) is 41.6 Å². The van der Waals surface area contributed by atoms with Crippen LogP contribution in [0.5, 0.6) is 0 Å². The summed E-state index contributed by atoms with van der Waals surface area (Å²) in [7, 11) is 0. The first kappa shape index (κ1) is 17.0. The molecule has 2 N–H and O–H groups in total. The van der Waals surface area contributed by atoms with Gasteiger partial charge in [0, 0.05) is 17.5 Å². The Hall–Kier alpha value is -1.85. The van der Waals surface area contributed by atoms with Crippen LogP contribution in [0.2, 0.25) is 5.02 Å². The Morgan fingerprint density at radius 3 is 3.12 bits per heavy atom. The van der Waals surface area contributed by atoms with Gasteiger partial charge in [-0.2, -0.15) is 5.10 Å². The normalized spacial score (nSPS) is 19.0. The molecule has 24 heavy (non-hydrogen) atoms. The van der Waals surface area contributed by atoms with Crippen molar-refractivity contribution in [3.63, 3.8) is 0 Å². The molecule has 1 amide bonds. The molecule has 2 unspecified atom stereocenters. The van der Waals surface area contributed by atoms with E-state index in [0.29, 0.717) is 29.1 Å². The van der Waals surface area contributed by atoms with Crippen LogP contribution in [-0.4, -0.2) is 28.8 Å². The van der Waals surface area contributed by atoms with Crippen LogP contribution >= 0.6 is 11.6 Å². The molecule has 1 aliphatic rings. The quantitative estimate of drug-likeness (QED) is 0.871. The fraction of sp³-hybridized carbons (Fsp3) is 0.444. The Bertz CT molecular complexity index is 694. The van der Waals surface area contributed by atoms with Gasteiger partial charge in [0.25, 0.3) is 0 Å². The molecule has 1 fully saturated rings. The summed E-state index contributed by atoms with van der Waals surface area (Å²) in [5, 5.41) is 11.3. The molecule has 1 aromatic carbocycles. The maximum Gasteiger partial charge on any atom is 0.225 e. The van der Waals surface area contributed by atoms with Gasteiger partial charge in [0.15, 0.2) is 0 Å². The molecule has 1 saturated heterocycles. The standard InChI is InChI=1S/C18H23ClN4O/c1-13(14-4-3-8-20-12-14)10-18(24)22-17-7-9-21-23(17)16-6-2-5-15(19)11-16/h2,5-7,9,11,13-14,20H,3-4,8,10,12H2,1H3,(H,22,24). The average Bonchev–Trinajstić information content (AvgIpc) is 3.03. The Morgan fingerprint density at radius 1 is 1.50 bits per heavy atom. The summed E-state index contributed by atoms with van der Waals surface area (Å²) in [6.45, 7) is 4.26. The number of hydrogen-bond donors (Lipinski definition) is 2. The molecule has 2 heterocycles. The number of carbonyl (C=O) groups excluding carboxylic acids is 1. The van der Waals surface area contributed by atoms with Crippen molar-refractivity contribution in [3.8, 4) is 5.69 Å². The molecule has 3 rings (SSSR count). The van der Waals surface area contributed by atoms with Crippen molar-refractivity contribution in [2.75, 3.05) is 18.4 Å². The van der Waals surface area contributed by atoms with Crippen LogP contribution in [0.15, 0.2) is 36.5 Å². The molecular weight excluding hydrogens is 324 g/mol. The summed E-state index contributed by atoms with van der Waals surface area (Å²) in [6, 6.07) is 9.20. The molecule has 2 atom stereocenters. The minimum absolute atomic E-state index is 0.0249. The van der Waals surface area contributed by atoms with E-state index in [1.54, 1.807) is 16.9 Å². The number of benzene rings is 1. The van der Waals surface area contributed by atoms with Crippen molar-refractivity contribution >= 4 is 23.3 Å². The number of piperidine rings is 1. The third-order valence-corrected chi connectivity index (χ3v) is 4.85. The van der Waals surface area contributed by atoms with Crippen LogP contribution in [-0.2, 0) is 4.79 Å². The number of anilines is 1. The maximum absolute atomic E-state index is 12.4. The second-order valence-electron chi connectivity index (χ2n) is 6.44. The lowest BCUT2D eigenvalue weighted by Gasteiger charge is -2.28. The molecule has 0 bridgehead atoms. The Balaban J connectivity index is 1.64. The van der Waals surface area contributed by atoms with Crippen LogP contribution in [0.1, 0.15) is 26.2 Å². The van der Waals surface area contributed by atoms with Gasteiger partial charge in [0.1, 0.15) is 5.82 Å². The van der Waals surface area contributed by atoms with Crippen molar-refractivity contribution in [1.82, 2.24) is 15.1 Å². The third-order valence-electron chi connectivity index (χ3n) is 4.61. The van der Waals surface area contributed by atoms with Crippen molar-refractivity contribution < 1.29 is 4.79 Å². The lowest BCUT2D eigenvalue weighted by Crippen LogP contribution is -2.34. The Labute approximate surface area is 147 Å². The Morgan fingerprint density at radius 2 is 2.38 bits per heavy atom. The van der Waals surface area contributed by atoms with Gasteiger partial charge in [-0.1, -0.05) is 24.6 Å². The van der Waals surface area contributed by atoms with Gasteiger partial charge in [-0.3, -0.25) is 4.79 Å². The van der Waals surface area contributed by atoms with Gasteiger partial charge in [-0.05, 0) is 56.0 Å². The van der Waals surface area contributed by atoms with E-state index < -0.39 is 0 Å². The topological polar surface area (TPSA) is 59.0 Å². The van der Waals surface area contributed by atoms with Crippen LogP contribution in [0, 0.1) is 11.8 Å². The minimum atomic E-state index is 0.0249. The molecule has 1 aliphatic heterocycles. The largest absolute Gasteiger partial charge is 0.316 e. The first-order chi connectivity index (χ1) is 11.6. The van der Waals surface area contributed by atoms with Crippen LogP contribution in [0.25, 0.3) is 5.69 Å². The van der Waals surface area contributed by atoms with Gasteiger partial charge in [-0.15, -0.1) is 0 Å². The SMILES string of the molecule is CC(CC(=O)Nc1ccnn1-c1cccc(Cl)c1)C1CCCNC1. The fourth-order valence-corrected chi connectivity index (χ4v) is 3.41. The first-order valence-corrected chi connectivity index (χ1v) is 8.82.